The Morgan fingerprint density at radius 2 is 1.58 bits per heavy atom. The van der Waals surface area contributed by atoms with E-state index >= 15 is 0 Å². The fraction of sp³-hybridized carbons (Fsp3) is 0.120. The molecule has 0 saturated carbocycles. The fourth-order valence-electron chi connectivity index (χ4n) is 3.51. The first-order valence-electron chi connectivity index (χ1n) is 9.81. The van der Waals surface area contributed by atoms with Crippen molar-refractivity contribution in [2.45, 2.75) is 13.8 Å². The van der Waals surface area contributed by atoms with E-state index in [-0.39, 0.29) is 11.7 Å². The largest absolute Gasteiger partial charge is 0.497 e. The molecule has 6 heteroatoms. The Labute approximate surface area is 179 Å². The van der Waals surface area contributed by atoms with E-state index in [1.54, 1.807) is 55.6 Å². The maximum Gasteiger partial charge on any atom is 0.293 e. The third-order valence-corrected chi connectivity index (χ3v) is 4.85. The molecule has 0 aliphatic heterocycles. The number of nitrogens with one attached hydrogen (secondary N) is 2. The lowest BCUT2D eigenvalue weighted by Crippen LogP contribution is -2.17. The molecule has 0 spiro atoms. The van der Waals surface area contributed by atoms with Crippen molar-refractivity contribution in [2.75, 3.05) is 17.7 Å². The molecule has 1 aromatic heterocycles. The second kappa shape index (κ2) is 8.36. The first-order chi connectivity index (χ1) is 14.9. The molecule has 0 atom stereocenters. The molecular weight excluding hydrogens is 392 g/mol. The first kappa shape index (κ1) is 20.2. The summed E-state index contributed by atoms with van der Waals surface area (Å²) in [6.07, 6.45) is 0. The molecule has 1 heterocycles. The maximum atomic E-state index is 13.0. The van der Waals surface area contributed by atoms with Gasteiger partial charge < -0.3 is 19.8 Å². The summed E-state index contributed by atoms with van der Waals surface area (Å²) in [6, 6.07) is 19.8. The molecule has 156 valence electrons. The van der Waals surface area contributed by atoms with Crippen molar-refractivity contribution in [3.63, 3.8) is 0 Å². The molecule has 2 N–H and O–H groups in total. The second-order valence-corrected chi connectivity index (χ2v) is 7.32. The summed E-state index contributed by atoms with van der Waals surface area (Å²) < 4.78 is 11.0. The predicted octanol–water partition coefficient (Wildman–Crippen LogP) is 5.56. The molecule has 0 bridgehead atoms. The zero-order valence-electron chi connectivity index (χ0n) is 17.5. The number of carbonyl (C=O) groups is 2. The lowest BCUT2D eigenvalue weighted by atomic mass is 10.1. The number of amides is 2. The Hall–Kier alpha value is -4.06. The molecule has 0 saturated heterocycles. The van der Waals surface area contributed by atoms with Crippen molar-refractivity contribution >= 4 is 34.2 Å². The van der Waals surface area contributed by atoms with Gasteiger partial charge in [0.15, 0.2) is 0 Å². The summed E-state index contributed by atoms with van der Waals surface area (Å²) in [4.78, 5) is 26.0. The highest BCUT2D eigenvalue weighted by molar-refractivity contribution is 6.17. The van der Waals surface area contributed by atoms with Crippen LogP contribution in [0.2, 0.25) is 0 Å². The topological polar surface area (TPSA) is 80.6 Å². The Kier molecular flexibility index (Phi) is 5.45. The van der Waals surface area contributed by atoms with Crippen molar-refractivity contribution in [2.24, 2.45) is 0 Å². The summed E-state index contributed by atoms with van der Waals surface area (Å²) in [5.41, 5.74) is 3.88. The van der Waals surface area contributed by atoms with Crippen LogP contribution in [0, 0.1) is 13.8 Å². The van der Waals surface area contributed by atoms with Gasteiger partial charge in [0.2, 0.25) is 5.76 Å². The Balaban J connectivity index is 1.70. The number of furan rings is 1. The van der Waals surface area contributed by atoms with Gasteiger partial charge in [-0.2, -0.15) is 0 Å². The van der Waals surface area contributed by atoms with Crippen molar-refractivity contribution in [1.29, 1.82) is 0 Å². The molecule has 0 aliphatic carbocycles. The number of fused-ring (bicyclic) bond motifs is 1. The van der Waals surface area contributed by atoms with Gasteiger partial charge in [0.05, 0.1) is 7.11 Å². The van der Waals surface area contributed by atoms with Crippen LogP contribution < -0.4 is 15.4 Å². The van der Waals surface area contributed by atoms with Gasteiger partial charge in [0.1, 0.15) is 17.0 Å². The number of hydrogen-bond donors (Lipinski definition) is 2. The molecule has 3 aromatic carbocycles. The number of rotatable bonds is 5. The summed E-state index contributed by atoms with van der Waals surface area (Å²) in [5.74, 6) is -0.138. The van der Waals surface area contributed by atoms with Gasteiger partial charge in [-0.15, -0.1) is 0 Å². The van der Waals surface area contributed by atoms with E-state index in [0.29, 0.717) is 33.7 Å². The van der Waals surface area contributed by atoms with Gasteiger partial charge in [0.25, 0.3) is 11.8 Å². The van der Waals surface area contributed by atoms with Gasteiger partial charge in [-0.05, 0) is 50.2 Å². The SMILES string of the molecule is COc1cccc(NC(=O)c2oc3ccccc3c2NC(=O)c2cc(C)cc(C)c2)c1. The van der Waals surface area contributed by atoms with Crippen LogP contribution >= 0.6 is 0 Å². The van der Waals surface area contributed by atoms with Crippen LogP contribution in [-0.2, 0) is 0 Å². The van der Waals surface area contributed by atoms with Crippen molar-refractivity contribution in [3.8, 4) is 5.75 Å². The number of methoxy groups -OCH3 is 1. The van der Waals surface area contributed by atoms with E-state index in [0.717, 1.165) is 11.1 Å². The number of para-hydroxylation sites is 1. The van der Waals surface area contributed by atoms with E-state index in [9.17, 15) is 9.59 Å². The fourth-order valence-corrected chi connectivity index (χ4v) is 3.51. The van der Waals surface area contributed by atoms with Crippen LogP contribution in [-0.4, -0.2) is 18.9 Å². The summed E-state index contributed by atoms with van der Waals surface area (Å²) >= 11 is 0. The van der Waals surface area contributed by atoms with Gasteiger partial charge >= 0.3 is 0 Å². The number of hydrogen-bond acceptors (Lipinski definition) is 4. The average molecular weight is 414 g/mol. The van der Waals surface area contributed by atoms with Crippen LogP contribution in [0.15, 0.2) is 71.1 Å². The summed E-state index contributed by atoms with van der Waals surface area (Å²) in [5, 5.41) is 6.33. The van der Waals surface area contributed by atoms with Crippen molar-refractivity contribution in [3.05, 3.63) is 89.2 Å². The van der Waals surface area contributed by atoms with E-state index in [4.69, 9.17) is 9.15 Å². The van der Waals surface area contributed by atoms with Gasteiger partial charge in [0, 0.05) is 22.7 Å². The first-order valence-corrected chi connectivity index (χ1v) is 9.81. The molecule has 2 amide bonds. The Morgan fingerprint density at radius 3 is 2.32 bits per heavy atom. The number of aryl methyl sites for hydroxylation is 2. The second-order valence-electron chi connectivity index (χ2n) is 7.32. The highest BCUT2D eigenvalue weighted by atomic mass is 16.5. The van der Waals surface area contributed by atoms with Gasteiger partial charge in [-0.1, -0.05) is 35.4 Å². The van der Waals surface area contributed by atoms with Gasteiger partial charge in [-0.3, -0.25) is 9.59 Å². The summed E-state index contributed by atoms with van der Waals surface area (Å²) in [7, 11) is 1.56. The van der Waals surface area contributed by atoms with Crippen LogP contribution in [0.1, 0.15) is 32.0 Å². The number of ether oxygens (including phenoxy) is 1. The highest BCUT2D eigenvalue weighted by Gasteiger charge is 2.23. The normalized spacial score (nSPS) is 10.7. The molecule has 0 radical (unpaired) electrons. The number of anilines is 2. The van der Waals surface area contributed by atoms with E-state index in [2.05, 4.69) is 10.6 Å². The molecule has 4 rings (SSSR count). The molecule has 31 heavy (non-hydrogen) atoms. The number of benzene rings is 3. The molecule has 6 nitrogen and oxygen atoms in total. The van der Waals surface area contributed by atoms with E-state index in [1.165, 1.54) is 0 Å². The third-order valence-electron chi connectivity index (χ3n) is 4.85. The molecule has 0 aliphatic rings. The average Bonchev–Trinajstić information content (AvgIpc) is 3.12. The Bertz CT molecular complexity index is 1270. The van der Waals surface area contributed by atoms with Crippen LogP contribution in [0.3, 0.4) is 0 Å². The lowest BCUT2D eigenvalue weighted by molar-refractivity contribution is 0.0999. The van der Waals surface area contributed by atoms with Crippen molar-refractivity contribution < 1.29 is 18.7 Å². The number of carbonyl (C=O) groups excluding carboxylic acids is 2. The van der Waals surface area contributed by atoms with Crippen LogP contribution in [0.5, 0.6) is 5.75 Å². The minimum atomic E-state index is -0.472. The monoisotopic (exact) mass is 414 g/mol. The lowest BCUT2D eigenvalue weighted by Gasteiger charge is -2.09. The molecule has 0 fully saturated rings. The van der Waals surface area contributed by atoms with Gasteiger partial charge in [-0.25, -0.2) is 0 Å². The van der Waals surface area contributed by atoms with Crippen LogP contribution in [0.25, 0.3) is 11.0 Å². The Morgan fingerprint density at radius 1 is 0.839 bits per heavy atom. The minimum Gasteiger partial charge on any atom is -0.497 e. The molecule has 4 aromatic rings. The predicted molar refractivity (Wildman–Crippen MR) is 121 cm³/mol. The van der Waals surface area contributed by atoms with Crippen LogP contribution in [0.4, 0.5) is 11.4 Å². The molecular formula is C25H22N2O4. The zero-order chi connectivity index (χ0) is 22.0. The highest BCUT2D eigenvalue weighted by Crippen LogP contribution is 2.32. The van der Waals surface area contributed by atoms with Crippen molar-refractivity contribution in [1.82, 2.24) is 0 Å². The van der Waals surface area contributed by atoms with E-state index in [1.807, 2.05) is 32.0 Å². The van der Waals surface area contributed by atoms with E-state index < -0.39 is 5.91 Å². The summed E-state index contributed by atoms with van der Waals surface area (Å²) in [6.45, 7) is 3.87. The minimum absolute atomic E-state index is 0.0294. The standard InChI is InChI=1S/C25H22N2O4/c1-15-11-16(2)13-17(12-15)24(28)27-22-20-9-4-5-10-21(20)31-23(22)25(29)26-18-7-6-8-19(14-18)30-3/h4-14H,1-3H3,(H,26,29)(H,27,28). The zero-order valence-corrected chi connectivity index (χ0v) is 17.5. The third kappa shape index (κ3) is 4.28. The quantitative estimate of drug-likeness (QED) is 0.448. The maximum absolute atomic E-state index is 13.0. The molecule has 0 unspecified atom stereocenters. The smallest absolute Gasteiger partial charge is 0.293 e.